The number of fused-ring (bicyclic) bond motifs is 5. The molecule has 0 aliphatic heterocycles. The molecule has 4 heteroatoms. The van der Waals surface area contributed by atoms with Crippen molar-refractivity contribution in [2.45, 2.75) is 96.5 Å². The Morgan fingerprint density at radius 3 is 2.73 bits per heavy atom. The van der Waals surface area contributed by atoms with Crippen LogP contribution < -0.4 is 5.73 Å². The highest BCUT2D eigenvalue weighted by Gasteiger charge is 2.58. The van der Waals surface area contributed by atoms with Crippen LogP contribution in [0.1, 0.15) is 90.9 Å². The molecule has 170 valence electrons. The van der Waals surface area contributed by atoms with Gasteiger partial charge in [0, 0.05) is 0 Å². The van der Waals surface area contributed by atoms with Crippen LogP contribution in [0.5, 0.6) is 0 Å². The average molecular weight is 417 g/mol. The number of rotatable bonds is 7. The molecule has 4 aliphatic rings. The Balaban J connectivity index is 1.35. The molecule has 0 aromatic rings. The SMILES string of the molecule is C[C@@]12CCC[C@H]1[C@@H]1CC[C@@H]3C[C@](O)(C=CC=NOCCCCN)CC[C@]3(C)[C@H]1CC2. The molecule has 0 aromatic carbocycles. The molecule has 3 N–H and O–H groups in total. The van der Waals surface area contributed by atoms with Gasteiger partial charge in [0.2, 0.25) is 0 Å². The number of nitrogens with zero attached hydrogens (tertiary/aromatic N) is 1. The summed E-state index contributed by atoms with van der Waals surface area (Å²) in [6, 6.07) is 0. The molecule has 0 spiro atoms. The number of nitrogens with two attached hydrogens (primary N) is 1. The number of hydrogen-bond acceptors (Lipinski definition) is 4. The normalized spacial score (nSPS) is 46.0. The maximum absolute atomic E-state index is 11.3. The Labute approximate surface area is 183 Å². The zero-order valence-corrected chi connectivity index (χ0v) is 19.3. The van der Waals surface area contributed by atoms with E-state index in [1.54, 1.807) is 6.21 Å². The lowest BCUT2D eigenvalue weighted by molar-refractivity contribution is -0.135. The molecule has 0 unspecified atom stereocenters. The van der Waals surface area contributed by atoms with Crippen molar-refractivity contribution in [2.24, 2.45) is 45.4 Å². The van der Waals surface area contributed by atoms with Crippen molar-refractivity contribution in [1.29, 1.82) is 0 Å². The standard InChI is InChI=1S/C26H44N2O2/c1-24-11-5-7-22(24)21-9-8-20-19-26(29,12-6-17-28-30-18-4-3-16-27)15-14-25(20,2)23(21)10-13-24/h6,12,17,20-23,29H,3-5,7-11,13-16,18-19,27H2,1-2H3/t20-,21+,22+,23+,24+,25+,26+/m1/s1. The Morgan fingerprint density at radius 1 is 1.03 bits per heavy atom. The van der Waals surface area contributed by atoms with Crippen molar-refractivity contribution in [3.05, 3.63) is 12.2 Å². The topological polar surface area (TPSA) is 67.8 Å². The van der Waals surface area contributed by atoms with Crippen LogP contribution in [-0.2, 0) is 4.84 Å². The molecule has 0 amide bonds. The summed E-state index contributed by atoms with van der Waals surface area (Å²) in [5, 5.41) is 15.3. The molecular weight excluding hydrogens is 372 g/mol. The van der Waals surface area contributed by atoms with Gasteiger partial charge in [-0.2, -0.15) is 0 Å². The molecule has 0 heterocycles. The lowest BCUT2D eigenvalue weighted by atomic mass is 9.44. The molecule has 4 fully saturated rings. The molecule has 4 aliphatic carbocycles. The fourth-order valence-electron chi connectivity index (χ4n) is 8.08. The fourth-order valence-corrected chi connectivity index (χ4v) is 8.08. The highest BCUT2D eigenvalue weighted by Crippen LogP contribution is 2.66. The number of allylic oxidation sites excluding steroid dienone is 1. The minimum Gasteiger partial charge on any atom is -0.396 e. The van der Waals surface area contributed by atoms with E-state index in [1.165, 1.54) is 44.9 Å². The molecular formula is C26H44N2O2. The zero-order valence-electron chi connectivity index (χ0n) is 19.3. The number of oxime groups is 1. The molecule has 0 saturated heterocycles. The van der Waals surface area contributed by atoms with Gasteiger partial charge in [-0.15, -0.1) is 0 Å². The summed E-state index contributed by atoms with van der Waals surface area (Å²) in [5.41, 5.74) is 5.85. The Kier molecular flexibility index (Phi) is 6.65. The molecule has 7 atom stereocenters. The predicted octanol–water partition coefficient (Wildman–Crippen LogP) is 5.45. The van der Waals surface area contributed by atoms with Gasteiger partial charge in [0.15, 0.2) is 0 Å². The molecule has 0 bridgehead atoms. The average Bonchev–Trinajstić information content (AvgIpc) is 3.12. The van der Waals surface area contributed by atoms with E-state index in [-0.39, 0.29) is 0 Å². The van der Waals surface area contributed by atoms with Crippen molar-refractivity contribution < 1.29 is 9.94 Å². The third-order valence-electron chi connectivity index (χ3n) is 9.86. The van der Waals surface area contributed by atoms with E-state index in [2.05, 4.69) is 19.0 Å². The first-order valence-electron chi connectivity index (χ1n) is 12.7. The van der Waals surface area contributed by atoms with Crippen molar-refractivity contribution in [3.8, 4) is 0 Å². The van der Waals surface area contributed by atoms with Crippen molar-refractivity contribution in [1.82, 2.24) is 0 Å². The van der Waals surface area contributed by atoms with Gasteiger partial charge in [-0.05, 0) is 118 Å². The summed E-state index contributed by atoms with van der Waals surface area (Å²) in [6.45, 7) is 6.46. The van der Waals surface area contributed by atoms with E-state index in [1.807, 2.05) is 12.2 Å². The molecule has 4 nitrogen and oxygen atoms in total. The van der Waals surface area contributed by atoms with Gasteiger partial charge < -0.3 is 15.7 Å². The first-order valence-corrected chi connectivity index (χ1v) is 12.7. The highest BCUT2D eigenvalue weighted by atomic mass is 16.6. The first-order chi connectivity index (χ1) is 14.4. The van der Waals surface area contributed by atoms with Gasteiger partial charge in [-0.1, -0.05) is 31.5 Å². The van der Waals surface area contributed by atoms with Crippen LogP contribution in [0.2, 0.25) is 0 Å². The summed E-state index contributed by atoms with van der Waals surface area (Å²) in [5.74, 6) is 3.44. The van der Waals surface area contributed by atoms with Crippen LogP contribution >= 0.6 is 0 Å². The molecule has 30 heavy (non-hydrogen) atoms. The van der Waals surface area contributed by atoms with E-state index in [4.69, 9.17) is 10.6 Å². The summed E-state index contributed by atoms with van der Waals surface area (Å²) in [6.07, 6.45) is 20.3. The Hall–Kier alpha value is -0.870. The molecule has 0 aromatic heterocycles. The highest BCUT2D eigenvalue weighted by molar-refractivity contribution is 5.70. The summed E-state index contributed by atoms with van der Waals surface area (Å²) in [4.78, 5) is 5.24. The summed E-state index contributed by atoms with van der Waals surface area (Å²) >= 11 is 0. The fraction of sp³-hybridized carbons (Fsp3) is 0.885. The number of unbranched alkanes of at least 4 members (excludes halogenated alkanes) is 1. The van der Waals surface area contributed by atoms with Gasteiger partial charge in [0.05, 0.1) is 11.8 Å². The minimum absolute atomic E-state index is 0.424. The number of hydrogen-bond donors (Lipinski definition) is 2. The van der Waals surface area contributed by atoms with Gasteiger partial charge in [0.25, 0.3) is 0 Å². The van der Waals surface area contributed by atoms with Gasteiger partial charge in [0.1, 0.15) is 6.61 Å². The van der Waals surface area contributed by atoms with E-state index in [0.717, 1.165) is 49.9 Å². The molecule has 0 radical (unpaired) electrons. The summed E-state index contributed by atoms with van der Waals surface area (Å²) in [7, 11) is 0. The second-order valence-electron chi connectivity index (χ2n) is 11.5. The van der Waals surface area contributed by atoms with E-state index >= 15 is 0 Å². The lowest BCUT2D eigenvalue weighted by Crippen LogP contribution is -2.55. The van der Waals surface area contributed by atoms with Crippen molar-refractivity contribution >= 4 is 6.21 Å². The first kappa shape index (κ1) is 22.3. The van der Waals surface area contributed by atoms with Gasteiger partial charge in [-0.3, -0.25) is 0 Å². The van der Waals surface area contributed by atoms with Crippen LogP contribution in [0.15, 0.2) is 17.3 Å². The number of aliphatic hydroxyl groups is 1. The molecule has 4 saturated carbocycles. The molecule has 4 rings (SSSR count). The second-order valence-corrected chi connectivity index (χ2v) is 11.5. The largest absolute Gasteiger partial charge is 0.396 e. The minimum atomic E-state index is -0.681. The van der Waals surface area contributed by atoms with E-state index in [9.17, 15) is 5.11 Å². The van der Waals surface area contributed by atoms with Crippen LogP contribution in [0.25, 0.3) is 0 Å². The Bertz CT molecular complexity index is 649. The quantitative estimate of drug-likeness (QED) is 0.329. The monoisotopic (exact) mass is 416 g/mol. The second kappa shape index (κ2) is 8.94. The van der Waals surface area contributed by atoms with E-state index < -0.39 is 5.60 Å². The van der Waals surface area contributed by atoms with Crippen LogP contribution in [0, 0.1) is 34.5 Å². The smallest absolute Gasteiger partial charge is 0.117 e. The lowest BCUT2D eigenvalue weighted by Gasteiger charge is -2.61. The van der Waals surface area contributed by atoms with Crippen molar-refractivity contribution in [2.75, 3.05) is 13.2 Å². The van der Waals surface area contributed by atoms with Crippen molar-refractivity contribution in [3.63, 3.8) is 0 Å². The zero-order chi connectivity index (χ0) is 21.2. The summed E-state index contributed by atoms with van der Waals surface area (Å²) < 4.78 is 0. The van der Waals surface area contributed by atoms with Gasteiger partial charge >= 0.3 is 0 Å². The maximum atomic E-state index is 11.3. The Morgan fingerprint density at radius 2 is 1.90 bits per heavy atom. The van der Waals surface area contributed by atoms with E-state index in [0.29, 0.717) is 29.9 Å². The third-order valence-corrected chi connectivity index (χ3v) is 9.86. The predicted molar refractivity (Wildman–Crippen MR) is 123 cm³/mol. The van der Waals surface area contributed by atoms with Crippen LogP contribution in [0.4, 0.5) is 0 Å². The third kappa shape index (κ3) is 4.24. The van der Waals surface area contributed by atoms with Gasteiger partial charge in [-0.25, -0.2) is 0 Å². The van der Waals surface area contributed by atoms with Crippen LogP contribution in [-0.4, -0.2) is 30.1 Å². The maximum Gasteiger partial charge on any atom is 0.117 e. The van der Waals surface area contributed by atoms with Crippen LogP contribution in [0.3, 0.4) is 0 Å².